The van der Waals surface area contributed by atoms with Gasteiger partial charge in [-0.3, -0.25) is 4.79 Å². The van der Waals surface area contributed by atoms with Gasteiger partial charge in [-0.05, 0) is 18.3 Å². The Morgan fingerprint density at radius 3 is 2.15 bits per heavy atom. The second kappa shape index (κ2) is 13.1. The van der Waals surface area contributed by atoms with Gasteiger partial charge in [0, 0.05) is 19.2 Å². The van der Waals surface area contributed by atoms with Gasteiger partial charge in [-0.15, -0.1) is 0 Å². The van der Waals surface area contributed by atoms with Crippen LogP contribution in [0.3, 0.4) is 0 Å². The second-order valence-electron chi connectivity index (χ2n) is 8.58. The number of hydrogen-bond acceptors (Lipinski definition) is 3. The molecule has 150 valence electrons. The number of ether oxygens (including phenoxy) is 1. The molecule has 0 fully saturated rings. The Hall–Kier alpha value is -1.16. The van der Waals surface area contributed by atoms with Crippen molar-refractivity contribution in [1.29, 1.82) is 0 Å². The molecule has 0 radical (unpaired) electrons. The summed E-state index contributed by atoms with van der Waals surface area (Å²) in [7, 11) is 0. The van der Waals surface area contributed by atoms with Crippen molar-refractivity contribution in [3.63, 3.8) is 0 Å². The van der Waals surface area contributed by atoms with Gasteiger partial charge in [0.2, 0.25) is 0 Å². The fourth-order valence-electron chi connectivity index (χ4n) is 3.04. The lowest BCUT2D eigenvalue weighted by molar-refractivity contribution is 0.0658. The van der Waals surface area contributed by atoms with E-state index in [1.54, 1.807) is 17.1 Å². The van der Waals surface area contributed by atoms with Crippen LogP contribution in [0.1, 0.15) is 109 Å². The average molecular weight is 365 g/mol. The van der Waals surface area contributed by atoms with Gasteiger partial charge in [0.05, 0.1) is 11.8 Å². The highest BCUT2D eigenvalue weighted by molar-refractivity contribution is 5.95. The smallest absolute Gasteiger partial charge is 0.165 e. The maximum Gasteiger partial charge on any atom is 0.165 e. The van der Waals surface area contributed by atoms with E-state index in [0.29, 0.717) is 24.1 Å². The molecular weight excluding hydrogens is 324 g/mol. The number of carbonyl (C=O) groups excluding carboxylic acids is 1. The molecule has 1 aromatic heterocycles. The standard InChI is InChI=1S/C22H40N2O2/c1-5-21(25)20-17-23-24(18-20)19-26-16-14-12-10-8-6-7-9-11-13-15-22(2,3)4/h17-18H,5-16,19H2,1-4H3. The molecule has 26 heavy (non-hydrogen) atoms. The van der Waals surface area contributed by atoms with Crippen LogP contribution in [-0.4, -0.2) is 22.2 Å². The third kappa shape index (κ3) is 11.5. The maximum atomic E-state index is 11.5. The minimum Gasteiger partial charge on any atom is -0.359 e. The SMILES string of the molecule is CCC(=O)c1cnn(COCCCCCCCCCCCC(C)(C)C)c1. The van der Waals surface area contributed by atoms with Gasteiger partial charge >= 0.3 is 0 Å². The van der Waals surface area contributed by atoms with E-state index < -0.39 is 0 Å². The van der Waals surface area contributed by atoms with E-state index in [1.807, 2.05) is 6.92 Å². The van der Waals surface area contributed by atoms with Crippen LogP contribution >= 0.6 is 0 Å². The number of Topliss-reactive ketones (excluding diaryl/α,β-unsaturated/α-hetero) is 1. The number of carbonyl (C=O) groups is 1. The van der Waals surface area contributed by atoms with Gasteiger partial charge in [0.25, 0.3) is 0 Å². The Kier molecular flexibility index (Phi) is 11.5. The first kappa shape index (κ1) is 22.9. The minimum atomic E-state index is 0.130. The van der Waals surface area contributed by atoms with E-state index in [2.05, 4.69) is 25.9 Å². The Balaban J connectivity index is 1.86. The first-order chi connectivity index (χ1) is 12.4. The van der Waals surface area contributed by atoms with E-state index >= 15 is 0 Å². The molecule has 4 nitrogen and oxygen atoms in total. The Morgan fingerprint density at radius 1 is 1.00 bits per heavy atom. The van der Waals surface area contributed by atoms with Crippen LogP contribution in [-0.2, 0) is 11.5 Å². The van der Waals surface area contributed by atoms with Gasteiger partial charge in [-0.2, -0.15) is 5.10 Å². The van der Waals surface area contributed by atoms with Crippen molar-refractivity contribution in [2.24, 2.45) is 5.41 Å². The number of nitrogens with zero attached hydrogens (tertiary/aromatic N) is 2. The molecule has 0 atom stereocenters. The zero-order valence-electron chi connectivity index (χ0n) is 17.6. The molecule has 1 rings (SSSR count). The second-order valence-corrected chi connectivity index (χ2v) is 8.58. The molecule has 0 amide bonds. The van der Waals surface area contributed by atoms with Crippen molar-refractivity contribution in [1.82, 2.24) is 9.78 Å². The lowest BCUT2D eigenvalue weighted by atomic mass is 9.89. The van der Waals surface area contributed by atoms with Gasteiger partial charge in [0.1, 0.15) is 6.73 Å². The first-order valence-corrected chi connectivity index (χ1v) is 10.6. The van der Waals surface area contributed by atoms with Crippen molar-refractivity contribution < 1.29 is 9.53 Å². The highest BCUT2D eigenvalue weighted by Crippen LogP contribution is 2.22. The highest BCUT2D eigenvalue weighted by atomic mass is 16.5. The van der Waals surface area contributed by atoms with E-state index in [9.17, 15) is 4.79 Å². The van der Waals surface area contributed by atoms with Crippen LogP contribution in [0.4, 0.5) is 0 Å². The molecular formula is C22H40N2O2. The van der Waals surface area contributed by atoms with E-state index in [-0.39, 0.29) is 5.78 Å². The number of hydrogen-bond donors (Lipinski definition) is 0. The quantitative estimate of drug-likeness (QED) is 0.267. The minimum absolute atomic E-state index is 0.130. The summed E-state index contributed by atoms with van der Waals surface area (Å²) in [6.45, 7) is 10.1. The molecule has 0 aliphatic heterocycles. The molecule has 0 unspecified atom stereocenters. The van der Waals surface area contributed by atoms with Crippen molar-refractivity contribution >= 4 is 5.78 Å². The molecule has 1 heterocycles. The Labute approximate surface area is 160 Å². The van der Waals surface area contributed by atoms with Gasteiger partial charge in [-0.1, -0.05) is 79.1 Å². The third-order valence-electron chi connectivity index (χ3n) is 4.72. The molecule has 0 N–H and O–H groups in total. The zero-order chi connectivity index (χ0) is 19.3. The topological polar surface area (TPSA) is 44.1 Å². The fraction of sp³-hybridized carbons (Fsp3) is 0.818. The summed E-state index contributed by atoms with van der Waals surface area (Å²) in [6, 6.07) is 0. The van der Waals surface area contributed by atoms with Crippen molar-refractivity contribution in [3.05, 3.63) is 18.0 Å². The summed E-state index contributed by atoms with van der Waals surface area (Å²) in [5, 5.41) is 4.16. The monoisotopic (exact) mass is 364 g/mol. The highest BCUT2D eigenvalue weighted by Gasteiger charge is 2.08. The molecule has 0 bridgehead atoms. The molecule has 0 aliphatic rings. The summed E-state index contributed by atoms with van der Waals surface area (Å²) < 4.78 is 7.33. The van der Waals surface area contributed by atoms with Crippen LogP contribution < -0.4 is 0 Å². The normalized spacial score (nSPS) is 11.8. The first-order valence-electron chi connectivity index (χ1n) is 10.6. The summed E-state index contributed by atoms with van der Waals surface area (Å²) in [5.74, 6) is 0.130. The molecule has 1 aromatic rings. The Morgan fingerprint density at radius 2 is 1.58 bits per heavy atom. The Bertz CT molecular complexity index is 489. The predicted molar refractivity (Wildman–Crippen MR) is 108 cm³/mol. The van der Waals surface area contributed by atoms with Crippen molar-refractivity contribution in [2.75, 3.05) is 6.61 Å². The predicted octanol–water partition coefficient (Wildman–Crippen LogP) is 6.40. The van der Waals surface area contributed by atoms with E-state index in [0.717, 1.165) is 13.0 Å². The van der Waals surface area contributed by atoms with Crippen LogP contribution in [0.25, 0.3) is 0 Å². The fourth-order valence-corrected chi connectivity index (χ4v) is 3.04. The van der Waals surface area contributed by atoms with Crippen LogP contribution in [0.2, 0.25) is 0 Å². The molecule has 0 aromatic carbocycles. The summed E-state index contributed by atoms with van der Waals surface area (Å²) >= 11 is 0. The van der Waals surface area contributed by atoms with Crippen LogP contribution in [0.5, 0.6) is 0 Å². The molecule has 4 heteroatoms. The number of ketones is 1. The lowest BCUT2D eigenvalue weighted by Crippen LogP contribution is -2.04. The van der Waals surface area contributed by atoms with Crippen molar-refractivity contribution in [3.8, 4) is 0 Å². The summed E-state index contributed by atoms with van der Waals surface area (Å²) in [4.78, 5) is 11.5. The number of unbranched alkanes of at least 4 members (excludes halogenated alkanes) is 8. The largest absolute Gasteiger partial charge is 0.359 e. The van der Waals surface area contributed by atoms with E-state index in [4.69, 9.17) is 4.74 Å². The summed E-state index contributed by atoms with van der Waals surface area (Å²) in [6.07, 6.45) is 17.2. The van der Waals surface area contributed by atoms with Crippen LogP contribution in [0, 0.1) is 5.41 Å². The number of aromatic nitrogens is 2. The van der Waals surface area contributed by atoms with Gasteiger partial charge in [-0.25, -0.2) is 4.68 Å². The molecule has 0 aliphatic carbocycles. The maximum absolute atomic E-state index is 11.5. The zero-order valence-corrected chi connectivity index (χ0v) is 17.6. The van der Waals surface area contributed by atoms with Gasteiger partial charge in [0.15, 0.2) is 5.78 Å². The van der Waals surface area contributed by atoms with E-state index in [1.165, 1.54) is 57.8 Å². The summed E-state index contributed by atoms with van der Waals surface area (Å²) in [5.41, 5.74) is 1.17. The third-order valence-corrected chi connectivity index (χ3v) is 4.72. The average Bonchev–Trinajstić information content (AvgIpc) is 3.06. The lowest BCUT2D eigenvalue weighted by Gasteiger charge is -2.17. The molecule has 0 spiro atoms. The van der Waals surface area contributed by atoms with Crippen molar-refractivity contribution in [2.45, 2.75) is 105 Å². The number of rotatable bonds is 15. The van der Waals surface area contributed by atoms with Gasteiger partial charge < -0.3 is 4.74 Å². The molecule has 0 saturated carbocycles. The van der Waals surface area contributed by atoms with Crippen LogP contribution in [0.15, 0.2) is 12.4 Å². The molecule has 0 saturated heterocycles.